The lowest BCUT2D eigenvalue weighted by molar-refractivity contribution is 0.213. The van der Waals surface area contributed by atoms with Gasteiger partial charge < -0.3 is 10.6 Å². The van der Waals surface area contributed by atoms with Gasteiger partial charge in [-0.15, -0.1) is 0 Å². The Balaban J connectivity index is 2.94. The Labute approximate surface area is 75.4 Å². The Bertz CT molecular complexity index is 349. The third-order valence-corrected chi connectivity index (χ3v) is 1.34. The number of pyridine rings is 1. The molecule has 1 aromatic rings. The van der Waals surface area contributed by atoms with E-state index in [-0.39, 0.29) is 5.84 Å². The van der Waals surface area contributed by atoms with Crippen LogP contribution in [-0.2, 0) is 4.84 Å². The maximum atomic E-state index is 8.49. The van der Waals surface area contributed by atoms with Crippen LogP contribution in [0.25, 0.3) is 0 Å². The number of hydrogen-bond acceptors (Lipinski definition) is 4. The van der Waals surface area contributed by atoms with Crippen LogP contribution < -0.4 is 5.73 Å². The number of amidine groups is 1. The van der Waals surface area contributed by atoms with E-state index in [2.05, 4.69) is 15.0 Å². The van der Waals surface area contributed by atoms with Gasteiger partial charge in [0.15, 0.2) is 5.84 Å². The number of hydrogen-bond donors (Lipinski definition) is 1. The van der Waals surface area contributed by atoms with Gasteiger partial charge in [-0.25, -0.2) is 0 Å². The lowest BCUT2D eigenvalue weighted by Crippen LogP contribution is -2.15. The zero-order valence-corrected chi connectivity index (χ0v) is 7.06. The molecule has 66 valence electrons. The van der Waals surface area contributed by atoms with Crippen molar-refractivity contribution in [2.75, 3.05) is 7.11 Å². The van der Waals surface area contributed by atoms with Gasteiger partial charge in [0.25, 0.3) is 0 Å². The molecule has 0 unspecified atom stereocenters. The Hall–Kier alpha value is -2.09. The Morgan fingerprint density at radius 3 is 2.92 bits per heavy atom. The summed E-state index contributed by atoms with van der Waals surface area (Å²) in [7, 11) is 1.40. The van der Waals surface area contributed by atoms with E-state index < -0.39 is 0 Å². The Morgan fingerprint density at radius 2 is 2.46 bits per heavy atom. The molecule has 13 heavy (non-hydrogen) atoms. The van der Waals surface area contributed by atoms with Gasteiger partial charge in [0.1, 0.15) is 18.9 Å². The quantitative estimate of drug-likeness (QED) is 0.397. The Kier molecular flexibility index (Phi) is 2.82. The molecule has 2 N–H and O–H groups in total. The maximum Gasteiger partial charge on any atom is 0.188 e. The van der Waals surface area contributed by atoms with Crippen LogP contribution in [0.3, 0.4) is 0 Å². The summed E-state index contributed by atoms with van der Waals surface area (Å²) in [5, 5.41) is 12.0. The van der Waals surface area contributed by atoms with Gasteiger partial charge in [0.2, 0.25) is 0 Å². The summed E-state index contributed by atoms with van der Waals surface area (Å²) in [5.41, 5.74) is 6.44. The summed E-state index contributed by atoms with van der Waals surface area (Å²) >= 11 is 0. The lowest BCUT2D eigenvalue weighted by atomic mass is 10.2. The second-order valence-electron chi connectivity index (χ2n) is 2.20. The van der Waals surface area contributed by atoms with Gasteiger partial charge in [-0.2, -0.15) is 5.26 Å². The Morgan fingerprint density at radius 1 is 1.69 bits per heavy atom. The van der Waals surface area contributed by atoms with Crippen LogP contribution >= 0.6 is 0 Å². The normalized spacial score (nSPS) is 10.6. The molecule has 0 fully saturated rings. The molecule has 0 amide bonds. The average Bonchev–Trinajstić information content (AvgIpc) is 2.18. The van der Waals surface area contributed by atoms with Gasteiger partial charge in [-0.3, -0.25) is 4.98 Å². The fourth-order valence-electron chi connectivity index (χ4n) is 0.757. The molecular formula is C8H8N4O. The van der Waals surface area contributed by atoms with Crippen LogP contribution in [0, 0.1) is 11.3 Å². The number of oxime groups is 1. The predicted octanol–water partition coefficient (Wildman–Crippen LogP) is 0.220. The van der Waals surface area contributed by atoms with Crippen molar-refractivity contribution in [1.82, 2.24) is 4.98 Å². The van der Waals surface area contributed by atoms with Crippen molar-refractivity contribution in [2.45, 2.75) is 0 Å². The van der Waals surface area contributed by atoms with E-state index in [9.17, 15) is 0 Å². The molecule has 1 rings (SSSR count). The first-order chi connectivity index (χ1) is 6.27. The third-order valence-electron chi connectivity index (χ3n) is 1.34. The molecule has 5 heteroatoms. The summed E-state index contributed by atoms with van der Waals surface area (Å²) in [6, 6.07) is 5.17. The van der Waals surface area contributed by atoms with Crippen molar-refractivity contribution in [1.29, 1.82) is 5.26 Å². The zero-order valence-electron chi connectivity index (χ0n) is 7.06. The molecule has 0 spiro atoms. The minimum Gasteiger partial charge on any atom is -0.397 e. The maximum absolute atomic E-state index is 8.49. The fourth-order valence-corrected chi connectivity index (χ4v) is 0.757. The van der Waals surface area contributed by atoms with E-state index in [1.807, 2.05) is 6.07 Å². The molecule has 1 aromatic heterocycles. The highest BCUT2D eigenvalue weighted by atomic mass is 16.6. The molecular weight excluding hydrogens is 168 g/mol. The topological polar surface area (TPSA) is 84.3 Å². The number of nitrogens with two attached hydrogens (primary N) is 1. The second-order valence-corrected chi connectivity index (χ2v) is 2.20. The van der Waals surface area contributed by atoms with Crippen LogP contribution in [-0.4, -0.2) is 17.9 Å². The summed E-state index contributed by atoms with van der Waals surface area (Å²) in [4.78, 5) is 8.38. The van der Waals surface area contributed by atoms with E-state index in [0.717, 1.165) is 0 Å². The molecule has 1 heterocycles. The molecule has 0 aliphatic rings. The predicted molar refractivity (Wildman–Crippen MR) is 46.7 cm³/mol. The van der Waals surface area contributed by atoms with Gasteiger partial charge in [0.05, 0.1) is 5.56 Å². The van der Waals surface area contributed by atoms with E-state index in [1.165, 1.54) is 13.3 Å². The fraction of sp³-hybridized carbons (Fsp3) is 0.125. The summed E-state index contributed by atoms with van der Waals surface area (Å²) in [6.45, 7) is 0. The molecule has 0 bridgehead atoms. The highest BCUT2D eigenvalue weighted by Gasteiger charge is 1.99. The van der Waals surface area contributed by atoms with Crippen molar-refractivity contribution in [3.63, 3.8) is 0 Å². The van der Waals surface area contributed by atoms with Crippen LogP contribution in [0.2, 0.25) is 0 Å². The number of rotatable bonds is 2. The van der Waals surface area contributed by atoms with Crippen molar-refractivity contribution >= 4 is 5.84 Å². The van der Waals surface area contributed by atoms with Gasteiger partial charge >= 0.3 is 0 Å². The molecule has 0 radical (unpaired) electrons. The summed E-state index contributed by atoms with van der Waals surface area (Å²) in [6.07, 6.45) is 1.42. The molecule has 0 saturated carbocycles. The molecule has 5 nitrogen and oxygen atoms in total. The van der Waals surface area contributed by atoms with E-state index >= 15 is 0 Å². The van der Waals surface area contributed by atoms with Gasteiger partial charge in [0, 0.05) is 6.20 Å². The zero-order chi connectivity index (χ0) is 9.68. The lowest BCUT2D eigenvalue weighted by Gasteiger charge is -1.97. The number of nitrogens with zero attached hydrogens (tertiary/aromatic N) is 3. The average molecular weight is 176 g/mol. The SMILES string of the molecule is CO/N=C(/N)c1ccc(C#N)cn1. The summed E-state index contributed by atoms with van der Waals surface area (Å²) in [5.74, 6) is 0.187. The first-order valence-electron chi connectivity index (χ1n) is 3.51. The summed E-state index contributed by atoms with van der Waals surface area (Å²) < 4.78 is 0. The van der Waals surface area contributed by atoms with Crippen LogP contribution in [0.1, 0.15) is 11.3 Å². The van der Waals surface area contributed by atoms with E-state index in [1.54, 1.807) is 12.1 Å². The number of aromatic nitrogens is 1. The van der Waals surface area contributed by atoms with Gasteiger partial charge in [-0.1, -0.05) is 5.16 Å². The van der Waals surface area contributed by atoms with E-state index in [0.29, 0.717) is 11.3 Å². The minimum atomic E-state index is 0.187. The van der Waals surface area contributed by atoms with Crippen molar-refractivity contribution in [2.24, 2.45) is 10.9 Å². The first-order valence-corrected chi connectivity index (χ1v) is 3.51. The first kappa shape index (κ1) is 9.00. The number of nitriles is 1. The third kappa shape index (κ3) is 2.17. The molecule has 0 aromatic carbocycles. The highest BCUT2D eigenvalue weighted by Crippen LogP contribution is 1.98. The molecule has 0 atom stereocenters. The van der Waals surface area contributed by atoms with Crippen LogP contribution in [0.15, 0.2) is 23.5 Å². The van der Waals surface area contributed by atoms with Crippen LogP contribution in [0.4, 0.5) is 0 Å². The minimum absolute atomic E-state index is 0.187. The molecule has 0 aliphatic heterocycles. The van der Waals surface area contributed by atoms with E-state index in [4.69, 9.17) is 11.0 Å². The largest absolute Gasteiger partial charge is 0.397 e. The standard InChI is InChI=1S/C8H8N4O/c1-13-12-8(10)7-3-2-6(4-9)5-11-7/h2-3,5H,1H3,(H2,10,12). The van der Waals surface area contributed by atoms with Crippen molar-refractivity contribution in [3.8, 4) is 6.07 Å². The molecule has 0 aliphatic carbocycles. The highest BCUT2D eigenvalue weighted by molar-refractivity contribution is 5.95. The second kappa shape index (κ2) is 4.07. The van der Waals surface area contributed by atoms with Crippen molar-refractivity contribution in [3.05, 3.63) is 29.6 Å². The smallest absolute Gasteiger partial charge is 0.188 e. The molecule has 0 saturated heterocycles. The van der Waals surface area contributed by atoms with Crippen LogP contribution in [0.5, 0.6) is 0 Å². The van der Waals surface area contributed by atoms with Crippen molar-refractivity contribution < 1.29 is 4.84 Å². The van der Waals surface area contributed by atoms with Gasteiger partial charge in [-0.05, 0) is 12.1 Å². The monoisotopic (exact) mass is 176 g/mol.